The second-order valence-corrected chi connectivity index (χ2v) is 4.06. The third-order valence-electron chi connectivity index (χ3n) is 2.66. The molecule has 0 aliphatic carbocycles. The van der Waals surface area contributed by atoms with E-state index in [-0.39, 0.29) is 0 Å². The van der Waals surface area contributed by atoms with Gasteiger partial charge in [0.25, 0.3) is 0 Å². The van der Waals surface area contributed by atoms with Gasteiger partial charge in [-0.3, -0.25) is 0 Å². The molecule has 0 aromatic carbocycles. The van der Waals surface area contributed by atoms with Crippen LogP contribution < -0.4 is 0 Å². The lowest BCUT2D eigenvalue weighted by atomic mass is 9.80. The summed E-state index contributed by atoms with van der Waals surface area (Å²) in [6.07, 6.45) is 5.57. The molecule has 0 amide bonds. The van der Waals surface area contributed by atoms with E-state index in [0.29, 0.717) is 0 Å². The molecule has 0 atom stereocenters. The molecule has 2 heteroatoms. The fourth-order valence-electron chi connectivity index (χ4n) is 1.46. The zero-order chi connectivity index (χ0) is 10.3. The van der Waals surface area contributed by atoms with Crippen LogP contribution in [0.15, 0.2) is 0 Å². The Morgan fingerprint density at radius 3 is 1.69 bits per heavy atom. The van der Waals surface area contributed by atoms with Crippen LogP contribution in [0.4, 0.5) is 0 Å². The van der Waals surface area contributed by atoms with Gasteiger partial charge in [-0.25, -0.2) is 9.90 Å². The first kappa shape index (κ1) is 12.5. The molecule has 0 aliphatic heterocycles. The van der Waals surface area contributed by atoms with E-state index >= 15 is 0 Å². The predicted molar refractivity (Wildman–Crippen MR) is 52.9 cm³/mol. The Morgan fingerprint density at radius 2 is 1.46 bits per heavy atom. The molecule has 0 heterocycles. The zero-order valence-electron chi connectivity index (χ0n) is 9.06. The number of unbranched alkanes of at least 4 members (excludes halogenated alkanes) is 2. The molecule has 0 fully saturated rings. The van der Waals surface area contributed by atoms with Crippen LogP contribution in [0, 0.1) is 5.41 Å². The highest BCUT2D eigenvalue weighted by Gasteiger charge is 2.32. The van der Waals surface area contributed by atoms with Crippen molar-refractivity contribution in [2.24, 2.45) is 5.41 Å². The summed E-state index contributed by atoms with van der Waals surface area (Å²) in [7, 11) is 0. The van der Waals surface area contributed by atoms with Crippen molar-refractivity contribution in [1.82, 2.24) is 0 Å². The van der Waals surface area contributed by atoms with Crippen molar-refractivity contribution in [3.05, 3.63) is 0 Å². The lowest BCUT2D eigenvalue weighted by Crippen LogP contribution is -2.26. The standard InChI is InChI=1S/C11H21O2/c1-4-6-8-11(3,10(12)13)9-7-5-2/h4-9H2,1-3H3. The van der Waals surface area contributed by atoms with Gasteiger partial charge in [-0.2, -0.15) is 0 Å². The molecule has 0 rings (SSSR count). The molecule has 0 aromatic heterocycles. The largest absolute Gasteiger partial charge is 0.361 e. The number of hydrogen-bond acceptors (Lipinski definition) is 1. The Labute approximate surface area is 81.3 Å². The van der Waals surface area contributed by atoms with E-state index in [2.05, 4.69) is 13.8 Å². The molecule has 77 valence electrons. The Kier molecular flexibility index (Phi) is 5.76. The third kappa shape index (κ3) is 4.30. The first-order chi connectivity index (χ1) is 6.06. The maximum Gasteiger partial charge on any atom is 0.361 e. The van der Waals surface area contributed by atoms with Crippen LogP contribution in [0.3, 0.4) is 0 Å². The van der Waals surface area contributed by atoms with Crippen LogP contribution in [-0.4, -0.2) is 5.97 Å². The molecule has 0 saturated carbocycles. The molecule has 0 aliphatic rings. The summed E-state index contributed by atoms with van der Waals surface area (Å²) in [5.41, 5.74) is -0.591. The van der Waals surface area contributed by atoms with Crippen molar-refractivity contribution in [3.63, 3.8) is 0 Å². The van der Waals surface area contributed by atoms with E-state index in [1.807, 2.05) is 6.92 Å². The average molecular weight is 185 g/mol. The molecule has 0 spiro atoms. The summed E-state index contributed by atoms with van der Waals surface area (Å²) >= 11 is 0. The molecule has 1 radical (unpaired) electrons. The summed E-state index contributed by atoms with van der Waals surface area (Å²) in [6, 6.07) is 0. The topological polar surface area (TPSA) is 37.0 Å². The van der Waals surface area contributed by atoms with Gasteiger partial charge in [-0.05, 0) is 19.8 Å². The predicted octanol–water partition coefficient (Wildman–Crippen LogP) is 3.33. The highest BCUT2D eigenvalue weighted by atomic mass is 16.4. The van der Waals surface area contributed by atoms with Crippen molar-refractivity contribution in [2.75, 3.05) is 0 Å². The summed E-state index contributed by atoms with van der Waals surface area (Å²) in [5.74, 6) is -0.880. The van der Waals surface area contributed by atoms with Gasteiger partial charge in [0.1, 0.15) is 0 Å². The van der Waals surface area contributed by atoms with E-state index in [9.17, 15) is 9.90 Å². The smallest absolute Gasteiger partial charge is 0.247 e. The average Bonchev–Trinajstić information content (AvgIpc) is 2.11. The van der Waals surface area contributed by atoms with Crippen molar-refractivity contribution >= 4 is 5.97 Å². The van der Waals surface area contributed by atoms with E-state index in [4.69, 9.17) is 0 Å². The summed E-state index contributed by atoms with van der Waals surface area (Å²) < 4.78 is 0. The minimum atomic E-state index is -0.880. The monoisotopic (exact) mass is 185 g/mol. The summed E-state index contributed by atoms with van der Waals surface area (Å²) in [4.78, 5) is 10.9. The third-order valence-corrected chi connectivity index (χ3v) is 2.66. The van der Waals surface area contributed by atoms with E-state index in [1.165, 1.54) is 0 Å². The highest BCUT2D eigenvalue weighted by Crippen LogP contribution is 2.30. The fourth-order valence-corrected chi connectivity index (χ4v) is 1.46. The first-order valence-electron chi connectivity index (χ1n) is 5.28. The maximum atomic E-state index is 10.9. The van der Waals surface area contributed by atoms with Crippen molar-refractivity contribution in [3.8, 4) is 0 Å². The van der Waals surface area contributed by atoms with E-state index < -0.39 is 11.4 Å². The van der Waals surface area contributed by atoms with Crippen LogP contribution in [0.25, 0.3) is 0 Å². The Hall–Kier alpha value is -0.530. The lowest BCUT2D eigenvalue weighted by Gasteiger charge is -2.22. The quantitative estimate of drug-likeness (QED) is 0.599. The second kappa shape index (κ2) is 6.01. The molecule has 0 bridgehead atoms. The van der Waals surface area contributed by atoms with Gasteiger partial charge in [0.15, 0.2) is 0 Å². The van der Waals surface area contributed by atoms with Gasteiger partial charge < -0.3 is 0 Å². The zero-order valence-corrected chi connectivity index (χ0v) is 9.06. The molecule has 0 aromatic rings. The summed E-state index contributed by atoms with van der Waals surface area (Å²) in [5, 5.41) is 10.9. The van der Waals surface area contributed by atoms with Crippen LogP contribution in [-0.2, 0) is 9.90 Å². The molecule has 0 saturated heterocycles. The molecular weight excluding hydrogens is 164 g/mol. The Bertz CT molecular complexity index is 144. The minimum absolute atomic E-state index is 0.591. The van der Waals surface area contributed by atoms with Gasteiger partial charge in [-0.15, -0.1) is 0 Å². The van der Waals surface area contributed by atoms with Crippen molar-refractivity contribution in [1.29, 1.82) is 0 Å². The summed E-state index contributed by atoms with van der Waals surface area (Å²) in [6.45, 7) is 5.97. The van der Waals surface area contributed by atoms with Gasteiger partial charge in [0.2, 0.25) is 0 Å². The number of rotatable bonds is 7. The van der Waals surface area contributed by atoms with Gasteiger partial charge in [0.05, 0.1) is 5.41 Å². The molecular formula is C11H21O2. The molecule has 0 N–H and O–H groups in total. The maximum absolute atomic E-state index is 10.9. The fraction of sp³-hybridized carbons (Fsp3) is 0.909. The minimum Gasteiger partial charge on any atom is -0.247 e. The van der Waals surface area contributed by atoms with Gasteiger partial charge in [-0.1, -0.05) is 39.5 Å². The number of hydrogen-bond donors (Lipinski definition) is 0. The number of carbonyl (C=O) groups is 1. The van der Waals surface area contributed by atoms with Crippen LogP contribution in [0.1, 0.15) is 59.3 Å². The van der Waals surface area contributed by atoms with Crippen molar-refractivity contribution < 1.29 is 9.90 Å². The van der Waals surface area contributed by atoms with Gasteiger partial charge >= 0.3 is 5.97 Å². The van der Waals surface area contributed by atoms with Crippen LogP contribution in [0.2, 0.25) is 0 Å². The molecule has 2 nitrogen and oxygen atoms in total. The second-order valence-electron chi connectivity index (χ2n) is 4.06. The lowest BCUT2D eigenvalue weighted by molar-refractivity contribution is -0.155. The van der Waals surface area contributed by atoms with Crippen molar-refractivity contribution in [2.45, 2.75) is 59.3 Å². The van der Waals surface area contributed by atoms with Crippen LogP contribution >= 0.6 is 0 Å². The SMILES string of the molecule is CCCCC(C)(CCCC)C([O])=O. The van der Waals surface area contributed by atoms with E-state index in [0.717, 1.165) is 38.5 Å². The first-order valence-corrected chi connectivity index (χ1v) is 5.28. The normalized spacial score (nSPS) is 11.6. The highest BCUT2D eigenvalue weighted by molar-refractivity contribution is 5.73. The van der Waals surface area contributed by atoms with Crippen LogP contribution in [0.5, 0.6) is 0 Å². The molecule has 13 heavy (non-hydrogen) atoms. The molecule has 0 unspecified atom stereocenters. The number of carbonyl (C=O) groups excluding carboxylic acids is 1. The Morgan fingerprint density at radius 1 is 1.08 bits per heavy atom. The van der Waals surface area contributed by atoms with E-state index in [1.54, 1.807) is 0 Å². The Balaban J connectivity index is 4.08. The van der Waals surface area contributed by atoms with Gasteiger partial charge in [0, 0.05) is 0 Å².